The summed E-state index contributed by atoms with van der Waals surface area (Å²) in [5, 5.41) is 12.7. The molecule has 0 atom stereocenters. The fraction of sp³-hybridized carbons (Fsp3) is 0.462. The molecule has 0 radical (unpaired) electrons. The number of halogens is 1. The van der Waals surface area contributed by atoms with Crippen LogP contribution in [0.3, 0.4) is 0 Å². The Morgan fingerprint density at radius 3 is 2.78 bits per heavy atom. The molecule has 0 aliphatic rings. The van der Waals surface area contributed by atoms with E-state index in [1.807, 2.05) is 37.9 Å². The van der Waals surface area contributed by atoms with Crippen LogP contribution >= 0.6 is 15.9 Å². The number of aryl methyl sites for hydroxylation is 1. The van der Waals surface area contributed by atoms with Gasteiger partial charge < -0.3 is 10.4 Å². The van der Waals surface area contributed by atoms with Crippen molar-refractivity contribution in [3.63, 3.8) is 0 Å². The van der Waals surface area contributed by atoms with Gasteiger partial charge in [0.1, 0.15) is 5.75 Å². The maximum Gasteiger partial charge on any atom is 0.234 e. The number of aromatic hydroxyl groups is 1. The zero-order valence-electron chi connectivity index (χ0n) is 11.0. The van der Waals surface area contributed by atoms with E-state index in [-0.39, 0.29) is 5.91 Å². The predicted octanol–water partition coefficient (Wildman–Crippen LogP) is 2.03. The molecule has 0 saturated heterocycles. The first-order valence-corrected chi connectivity index (χ1v) is 6.66. The fourth-order valence-corrected chi connectivity index (χ4v) is 2.39. The lowest BCUT2D eigenvalue weighted by Crippen LogP contribution is -2.34. The monoisotopic (exact) mass is 314 g/mol. The average Bonchev–Trinajstić information content (AvgIpc) is 2.25. The summed E-state index contributed by atoms with van der Waals surface area (Å²) in [7, 11) is 1.85. The second-order valence-electron chi connectivity index (χ2n) is 4.36. The van der Waals surface area contributed by atoms with E-state index in [1.165, 1.54) is 0 Å². The molecule has 2 N–H and O–H groups in total. The molecule has 1 aromatic carbocycles. The quantitative estimate of drug-likeness (QED) is 0.874. The minimum absolute atomic E-state index is 0.00814. The van der Waals surface area contributed by atoms with Crippen LogP contribution in [0.25, 0.3) is 0 Å². The Morgan fingerprint density at radius 1 is 1.50 bits per heavy atom. The van der Waals surface area contributed by atoms with Crippen molar-refractivity contribution in [3.8, 4) is 5.75 Å². The lowest BCUT2D eigenvalue weighted by atomic mass is 10.1. The average molecular weight is 315 g/mol. The smallest absolute Gasteiger partial charge is 0.234 e. The maximum atomic E-state index is 11.4. The number of carbonyl (C=O) groups excluding carboxylic acids is 1. The topological polar surface area (TPSA) is 52.6 Å². The molecule has 1 rings (SSSR count). The van der Waals surface area contributed by atoms with Gasteiger partial charge in [-0.25, -0.2) is 0 Å². The zero-order valence-corrected chi connectivity index (χ0v) is 12.5. The SMILES string of the molecule is CCNC(=O)CN(C)Cc1cc(Br)cc(C)c1O. The van der Waals surface area contributed by atoms with Crippen molar-refractivity contribution in [1.29, 1.82) is 0 Å². The first-order valence-electron chi connectivity index (χ1n) is 5.87. The van der Waals surface area contributed by atoms with Gasteiger partial charge in [0.2, 0.25) is 5.91 Å². The Hall–Kier alpha value is -1.07. The Bertz CT molecular complexity index is 435. The van der Waals surface area contributed by atoms with Gasteiger partial charge in [0.15, 0.2) is 0 Å². The number of nitrogens with zero attached hydrogens (tertiary/aromatic N) is 1. The van der Waals surface area contributed by atoms with Crippen molar-refractivity contribution in [2.45, 2.75) is 20.4 Å². The van der Waals surface area contributed by atoms with Crippen LogP contribution in [-0.2, 0) is 11.3 Å². The lowest BCUT2D eigenvalue weighted by Gasteiger charge is -2.17. The van der Waals surface area contributed by atoms with Gasteiger partial charge in [-0.1, -0.05) is 15.9 Å². The van der Waals surface area contributed by atoms with Crippen LogP contribution in [0.1, 0.15) is 18.1 Å². The van der Waals surface area contributed by atoms with Crippen LogP contribution in [0, 0.1) is 6.92 Å². The van der Waals surface area contributed by atoms with Gasteiger partial charge in [0.25, 0.3) is 0 Å². The molecule has 0 unspecified atom stereocenters. The van der Waals surface area contributed by atoms with Gasteiger partial charge in [-0.15, -0.1) is 0 Å². The van der Waals surface area contributed by atoms with Crippen molar-refractivity contribution < 1.29 is 9.90 Å². The summed E-state index contributed by atoms with van der Waals surface area (Å²) in [6.07, 6.45) is 0. The molecule has 0 aliphatic heterocycles. The number of rotatable bonds is 5. The number of likely N-dealkylation sites (N-methyl/N-ethyl adjacent to an activating group) is 2. The van der Waals surface area contributed by atoms with Crippen LogP contribution in [0.15, 0.2) is 16.6 Å². The molecule has 1 amide bonds. The maximum absolute atomic E-state index is 11.4. The minimum atomic E-state index is -0.00814. The van der Waals surface area contributed by atoms with E-state index >= 15 is 0 Å². The Morgan fingerprint density at radius 2 is 2.17 bits per heavy atom. The molecule has 0 aromatic heterocycles. The highest BCUT2D eigenvalue weighted by atomic mass is 79.9. The van der Waals surface area contributed by atoms with Gasteiger partial charge in [0.05, 0.1) is 6.54 Å². The second-order valence-corrected chi connectivity index (χ2v) is 5.27. The number of nitrogens with one attached hydrogen (secondary N) is 1. The van der Waals surface area contributed by atoms with Crippen LogP contribution in [0.2, 0.25) is 0 Å². The van der Waals surface area contributed by atoms with Crippen molar-refractivity contribution in [2.75, 3.05) is 20.1 Å². The van der Waals surface area contributed by atoms with E-state index in [2.05, 4.69) is 21.2 Å². The van der Waals surface area contributed by atoms with E-state index in [0.717, 1.165) is 15.6 Å². The number of phenolic OH excluding ortho intramolecular Hbond substituents is 1. The highest BCUT2D eigenvalue weighted by Gasteiger charge is 2.11. The molecule has 1 aromatic rings. The number of carbonyl (C=O) groups is 1. The first-order chi connectivity index (χ1) is 8.43. The van der Waals surface area contributed by atoms with E-state index in [1.54, 1.807) is 0 Å². The molecule has 0 heterocycles. The van der Waals surface area contributed by atoms with Gasteiger partial charge in [-0.05, 0) is 38.6 Å². The molecule has 100 valence electrons. The summed E-state index contributed by atoms with van der Waals surface area (Å²) in [4.78, 5) is 13.3. The van der Waals surface area contributed by atoms with E-state index < -0.39 is 0 Å². The Balaban J connectivity index is 2.70. The van der Waals surface area contributed by atoms with E-state index in [9.17, 15) is 9.90 Å². The largest absolute Gasteiger partial charge is 0.507 e. The summed E-state index contributed by atoms with van der Waals surface area (Å²) in [6, 6.07) is 3.74. The van der Waals surface area contributed by atoms with Crippen LogP contribution < -0.4 is 5.32 Å². The van der Waals surface area contributed by atoms with Crippen molar-refractivity contribution in [2.24, 2.45) is 0 Å². The van der Waals surface area contributed by atoms with Crippen molar-refractivity contribution >= 4 is 21.8 Å². The third kappa shape index (κ3) is 4.31. The van der Waals surface area contributed by atoms with E-state index in [0.29, 0.717) is 25.4 Å². The number of benzene rings is 1. The molecular weight excluding hydrogens is 296 g/mol. The predicted molar refractivity (Wildman–Crippen MR) is 75.6 cm³/mol. The normalized spacial score (nSPS) is 10.7. The molecule has 4 nitrogen and oxygen atoms in total. The minimum Gasteiger partial charge on any atom is -0.507 e. The first kappa shape index (κ1) is 15.0. The van der Waals surface area contributed by atoms with Gasteiger partial charge in [0, 0.05) is 23.1 Å². The standard InChI is InChI=1S/C13H19BrN2O2/c1-4-15-12(17)8-16(3)7-10-6-11(14)5-9(2)13(10)18/h5-6,18H,4,7-8H2,1-3H3,(H,15,17). The lowest BCUT2D eigenvalue weighted by molar-refractivity contribution is -0.121. The summed E-state index contributed by atoms with van der Waals surface area (Å²) in [6.45, 7) is 5.23. The van der Waals surface area contributed by atoms with E-state index in [4.69, 9.17) is 0 Å². The molecule has 0 fully saturated rings. The van der Waals surface area contributed by atoms with Crippen LogP contribution in [-0.4, -0.2) is 36.1 Å². The molecule has 0 aliphatic carbocycles. The third-order valence-corrected chi connectivity index (χ3v) is 3.03. The Labute approximate surface area is 116 Å². The van der Waals surface area contributed by atoms with Gasteiger partial charge in [-0.2, -0.15) is 0 Å². The van der Waals surface area contributed by atoms with Crippen molar-refractivity contribution in [3.05, 3.63) is 27.7 Å². The third-order valence-electron chi connectivity index (χ3n) is 2.57. The molecule has 5 heteroatoms. The summed E-state index contributed by atoms with van der Waals surface area (Å²) >= 11 is 3.40. The summed E-state index contributed by atoms with van der Waals surface area (Å²) in [5.41, 5.74) is 1.64. The molecule has 0 spiro atoms. The number of hydrogen-bond acceptors (Lipinski definition) is 3. The molecule has 18 heavy (non-hydrogen) atoms. The Kier molecular flexibility index (Phi) is 5.62. The zero-order chi connectivity index (χ0) is 13.7. The van der Waals surface area contributed by atoms with Crippen molar-refractivity contribution in [1.82, 2.24) is 10.2 Å². The highest BCUT2D eigenvalue weighted by molar-refractivity contribution is 9.10. The highest BCUT2D eigenvalue weighted by Crippen LogP contribution is 2.27. The summed E-state index contributed by atoms with van der Waals surface area (Å²) in [5.74, 6) is 0.284. The fourth-order valence-electron chi connectivity index (χ4n) is 1.77. The molecule has 0 saturated carbocycles. The molecular formula is C13H19BrN2O2. The van der Waals surface area contributed by atoms with Gasteiger partial charge in [-0.3, -0.25) is 9.69 Å². The number of amides is 1. The van der Waals surface area contributed by atoms with Crippen LogP contribution in [0.4, 0.5) is 0 Å². The summed E-state index contributed by atoms with van der Waals surface area (Å²) < 4.78 is 0.930. The van der Waals surface area contributed by atoms with Crippen LogP contribution in [0.5, 0.6) is 5.75 Å². The second kappa shape index (κ2) is 6.75. The number of phenols is 1. The number of hydrogen-bond donors (Lipinski definition) is 2. The van der Waals surface area contributed by atoms with Gasteiger partial charge >= 0.3 is 0 Å². The molecule has 0 bridgehead atoms.